The van der Waals surface area contributed by atoms with E-state index in [1.165, 1.54) is 18.2 Å². The van der Waals surface area contributed by atoms with Crippen LogP contribution < -0.4 is 5.56 Å². The molecule has 0 saturated carbocycles. The van der Waals surface area contributed by atoms with Gasteiger partial charge in [-0.2, -0.15) is 0 Å². The first-order chi connectivity index (χ1) is 10.1. The van der Waals surface area contributed by atoms with Gasteiger partial charge < -0.3 is 10.1 Å². The van der Waals surface area contributed by atoms with E-state index < -0.39 is 10.5 Å². The van der Waals surface area contributed by atoms with Gasteiger partial charge in [0.1, 0.15) is 5.75 Å². The van der Waals surface area contributed by atoms with Crippen LogP contribution in [0.2, 0.25) is 0 Å². The topological polar surface area (TPSA) is 96.2 Å². The van der Waals surface area contributed by atoms with E-state index in [1.54, 1.807) is 30.3 Å². The van der Waals surface area contributed by atoms with Crippen molar-refractivity contribution < 1.29 is 10.0 Å². The van der Waals surface area contributed by atoms with Gasteiger partial charge in [0.15, 0.2) is 0 Å². The molecule has 0 aliphatic heterocycles. The molecule has 0 aliphatic carbocycles. The highest BCUT2D eigenvalue weighted by Crippen LogP contribution is 2.33. The van der Waals surface area contributed by atoms with Crippen molar-refractivity contribution in [1.82, 2.24) is 4.98 Å². The van der Waals surface area contributed by atoms with Crippen molar-refractivity contribution in [3.05, 3.63) is 69.0 Å². The molecule has 6 heteroatoms. The molecule has 6 nitrogen and oxygen atoms in total. The number of aromatic amines is 1. The number of aromatic hydroxyl groups is 1. The second-order valence-electron chi connectivity index (χ2n) is 4.53. The number of nitro groups is 1. The van der Waals surface area contributed by atoms with Crippen LogP contribution in [0.15, 0.2) is 53.3 Å². The molecule has 21 heavy (non-hydrogen) atoms. The molecule has 0 bridgehead atoms. The fourth-order valence-corrected chi connectivity index (χ4v) is 2.25. The van der Waals surface area contributed by atoms with Gasteiger partial charge in [-0.05, 0) is 11.6 Å². The third kappa shape index (κ3) is 2.12. The molecule has 0 spiro atoms. The number of nitrogens with one attached hydrogen (secondary N) is 1. The third-order valence-corrected chi connectivity index (χ3v) is 3.24. The number of rotatable bonds is 2. The SMILES string of the molecule is O=c1[nH]c2ccc([N+](=O)[O-])cc2c(O)c1-c1ccccc1. The van der Waals surface area contributed by atoms with E-state index in [4.69, 9.17) is 0 Å². The molecule has 1 heterocycles. The van der Waals surface area contributed by atoms with Crippen molar-refractivity contribution in [3.63, 3.8) is 0 Å². The number of benzene rings is 2. The van der Waals surface area contributed by atoms with Crippen molar-refractivity contribution in [2.75, 3.05) is 0 Å². The molecule has 0 amide bonds. The van der Waals surface area contributed by atoms with E-state index >= 15 is 0 Å². The number of nitro benzene ring substituents is 1. The van der Waals surface area contributed by atoms with Crippen molar-refractivity contribution in [3.8, 4) is 16.9 Å². The Morgan fingerprint density at radius 2 is 1.81 bits per heavy atom. The number of H-pyrrole nitrogens is 1. The summed E-state index contributed by atoms with van der Waals surface area (Å²) in [4.78, 5) is 25.0. The monoisotopic (exact) mass is 282 g/mol. The highest BCUT2D eigenvalue weighted by atomic mass is 16.6. The summed E-state index contributed by atoms with van der Waals surface area (Å²) in [7, 11) is 0. The van der Waals surface area contributed by atoms with Gasteiger partial charge in [0.2, 0.25) is 0 Å². The summed E-state index contributed by atoms with van der Waals surface area (Å²) in [5.41, 5.74) is 0.403. The molecule has 3 aromatic rings. The minimum atomic E-state index is -0.549. The predicted octanol–water partition coefficient (Wildman–Crippen LogP) is 2.81. The zero-order chi connectivity index (χ0) is 15.0. The van der Waals surface area contributed by atoms with Crippen LogP contribution in [0.5, 0.6) is 5.75 Å². The van der Waals surface area contributed by atoms with Crippen LogP contribution in [0, 0.1) is 10.1 Å². The lowest BCUT2D eigenvalue weighted by atomic mass is 10.0. The minimum Gasteiger partial charge on any atom is -0.506 e. The number of fused-ring (bicyclic) bond motifs is 1. The van der Waals surface area contributed by atoms with Crippen molar-refractivity contribution in [1.29, 1.82) is 0 Å². The number of nitrogens with zero attached hydrogens (tertiary/aromatic N) is 1. The summed E-state index contributed by atoms with van der Waals surface area (Å²) in [5, 5.41) is 21.4. The Morgan fingerprint density at radius 3 is 2.48 bits per heavy atom. The second kappa shape index (κ2) is 4.75. The predicted molar refractivity (Wildman–Crippen MR) is 78.3 cm³/mol. The Kier molecular flexibility index (Phi) is 2.91. The maximum atomic E-state index is 12.1. The number of aromatic nitrogens is 1. The maximum absolute atomic E-state index is 12.1. The molecule has 2 N–H and O–H groups in total. The maximum Gasteiger partial charge on any atom is 0.270 e. The Balaban J connectivity index is 2.36. The third-order valence-electron chi connectivity index (χ3n) is 3.24. The number of hydrogen-bond donors (Lipinski definition) is 2. The van der Waals surface area contributed by atoms with E-state index in [1.807, 2.05) is 0 Å². The van der Waals surface area contributed by atoms with E-state index in [0.717, 1.165) is 0 Å². The summed E-state index contributed by atoms with van der Waals surface area (Å²) >= 11 is 0. The Morgan fingerprint density at radius 1 is 1.10 bits per heavy atom. The van der Waals surface area contributed by atoms with Gasteiger partial charge in [0.05, 0.1) is 16.0 Å². The van der Waals surface area contributed by atoms with Gasteiger partial charge in [0.25, 0.3) is 11.2 Å². The largest absolute Gasteiger partial charge is 0.506 e. The van der Waals surface area contributed by atoms with Gasteiger partial charge >= 0.3 is 0 Å². The van der Waals surface area contributed by atoms with Gasteiger partial charge in [-0.1, -0.05) is 30.3 Å². The van der Waals surface area contributed by atoms with Crippen LogP contribution in [0.25, 0.3) is 22.0 Å². The van der Waals surface area contributed by atoms with Crippen LogP contribution in [-0.2, 0) is 0 Å². The Labute approximate surface area is 118 Å². The number of hydrogen-bond acceptors (Lipinski definition) is 4. The summed E-state index contributed by atoms with van der Waals surface area (Å²) in [6.45, 7) is 0. The standard InChI is InChI=1S/C15H10N2O4/c18-14-11-8-10(17(20)21)6-7-12(11)16-15(19)13(14)9-4-2-1-3-5-9/h1-8H,(H2,16,18,19). The molecular formula is C15H10N2O4. The molecule has 0 aliphatic rings. The van der Waals surface area contributed by atoms with Gasteiger partial charge in [0, 0.05) is 17.5 Å². The summed E-state index contributed by atoms with van der Waals surface area (Å²) in [6, 6.07) is 12.6. The number of non-ortho nitro benzene ring substituents is 1. The lowest BCUT2D eigenvalue weighted by Gasteiger charge is -2.07. The van der Waals surface area contributed by atoms with Crippen molar-refractivity contribution in [2.45, 2.75) is 0 Å². The summed E-state index contributed by atoms with van der Waals surface area (Å²) in [6.07, 6.45) is 0. The lowest BCUT2D eigenvalue weighted by molar-refractivity contribution is -0.384. The Hall–Kier alpha value is -3.15. The molecule has 0 radical (unpaired) electrons. The average molecular weight is 282 g/mol. The zero-order valence-corrected chi connectivity index (χ0v) is 10.7. The molecule has 0 fully saturated rings. The quantitative estimate of drug-likeness (QED) is 0.558. The van der Waals surface area contributed by atoms with Gasteiger partial charge in [-0.25, -0.2) is 0 Å². The van der Waals surface area contributed by atoms with Crippen LogP contribution in [0.1, 0.15) is 0 Å². The molecule has 0 atom stereocenters. The smallest absolute Gasteiger partial charge is 0.270 e. The fourth-order valence-electron chi connectivity index (χ4n) is 2.25. The van der Waals surface area contributed by atoms with Crippen LogP contribution in [0.3, 0.4) is 0 Å². The van der Waals surface area contributed by atoms with E-state index in [0.29, 0.717) is 11.1 Å². The first kappa shape index (κ1) is 12.9. The summed E-state index contributed by atoms with van der Waals surface area (Å²) in [5.74, 6) is -0.261. The van der Waals surface area contributed by atoms with Crippen LogP contribution in [-0.4, -0.2) is 15.0 Å². The molecule has 104 valence electrons. The molecule has 0 saturated heterocycles. The normalized spacial score (nSPS) is 10.7. The summed E-state index contributed by atoms with van der Waals surface area (Å²) < 4.78 is 0. The number of pyridine rings is 1. The first-order valence-electron chi connectivity index (χ1n) is 6.17. The first-order valence-corrected chi connectivity index (χ1v) is 6.17. The molecule has 3 rings (SSSR count). The second-order valence-corrected chi connectivity index (χ2v) is 4.53. The van der Waals surface area contributed by atoms with Gasteiger partial charge in [-0.15, -0.1) is 0 Å². The van der Waals surface area contributed by atoms with Crippen molar-refractivity contribution >= 4 is 16.6 Å². The van der Waals surface area contributed by atoms with Gasteiger partial charge in [-0.3, -0.25) is 14.9 Å². The van der Waals surface area contributed by atoms with Crippen LogP contribution >= 0.6 is 0 Å². The molecular weight excluding hydrogens is 272 g/mol. The fraction of sp³-hybridized carbons (Fsp3) is 0. The van der Waals surface area contributed by atoms with E-state index in [9.17, 15) is 20.0 Å². The minimum absolute atomic E-state index is 0.101. The Bertz CT molecular complexity index is 901. The average Bonchev–Trinajstić information content (AvgIpc) is 2.48. The van der Waals surface area contributed by atoms with Crippen molar-refractivity contribution in [2.24, 2.45) is 0 Å². The van der Waals surface area contributed by atoms with E-state index in [2.05, 4.69) is 4.98 Å². The highest BCUT2D eigenvalue weighted by Gasteiger charge is 2.16. The van der Waals surface area contributed by atoms with Crippen LogP contribution in [0.4, 0.5) is 5.69 Å². The lowest BCUT2D eigenvalue weighted by Crippen LogP contribution is -2.09. The molecule has 1 aromatic heterocycles. The van der Waals surface area contributed by atoms with E-state index in [-0.39, 0.29) is 22.4 Å². The zero-order valence-electron chi connectivity index (χ0n) is 10.7. The molecule has 2 aromatic carbocycles. The highest BCUT2D eigenvalue weighted by molar-refractivity contribution is 5.92. The molecule has 0 unspecified atom stereocenters.